The predicted octanol–water partition coefficient (Wildman–Crippen LogP) is 3.76. The van der Waals surface area contributed by atoms with Gasteiger partial charge in [-0.25, -0.2) is 4.79 Å². The molecular formula is C12H7ClF3NO3. The molecule has 0 aliphatic heterocycles. The number of aromatic carboxylic acids is 1. The average Bonchev–Trinajstić information content (AvgIpc) is 2.68. The van der Waals surface area contributed by atoms with Crippen molar-refractivity contribution in [3.05, 3.63) is 46.6 Å². The fraction of sp³-hybridized carbons (Fsp3) is 0.0833. The average molecular weight is 306 g/mol. The largest absolute Gasteiger partial charge is 0.478 e. The molecule has 1 aromatic carbocycles. The van der Waals surface area contributed by atoms with Crippen LogP contribution in [0.4, 0.5) is 13.2 Å². The van der Waals surface area contributed by atoms with E-state index in [1.54, 1.807) is 0 Å². The lowest BCUT2D eigenvalue weighted by atomic mass is 10.1. The molecule has 20 heavy (non-hydrogen) atoms. The van der Waals surface area contributed by atoms with E-state index in [1.165, 1.54) is 24.3 Å². The molecule has 0 bridgehead atoms. The summed E-state index contributed by atoms with van der Waals surface area (Å²) in [5.74, 6) is -1.78. The van der Waals surface area contributed by atoms with Crippen molar-refractivity contribution in [2.45, 2.75) is 6.18 Å². The second-order valence-electron chi connectivity index (χ2n) is 3.91. The first-order valence-corrected chi connectivity index (χ1v) is 5.61. The van der Waals surface area contributed by atoms with E-state index in [2.05, 4.69) is 0 Å². The highest BCUT2D eigenvalue weighted by atomic mass is 35.5. The van der Waals surface area contributed by atoms with Crippen LogP contribution in [0, 0.1) is 0 Å². The predicted molar refractivity (Wildman–Crippen MR) is 64.0 cm³/mol. The van der Waals surface area contributed by atoms with Gasteiger partial charge in [-0.3, -0.25) is 0 Å². The minimum absolute atomic E-state index is 0.174. The van der Waals surface area contributed by atoms with Crippen LogP contribution in [-0.4, -0.2) is 21.0 Å². The third-order valence-electron chi connectivity index (χ3n) is 2.62. The minimum atomic E-state index is -4.99. The van der Waals surface area contributed by atoms with Gasteiger partial charge in [-0.15, -0.1) is 0 Å². The van der Waals surface area contributed by atoms with E-state index in [9.17, 15) is 23.2 Å². The fourth-order valence-corrected chi connectivity index (χ4v) is 1.89. The monoisotopic (exact) mass is 305 g/mol. The molecule has 0 amide bonds. The van der Waals surface area contributed by atoms with E-state index >= 15 is 0 Å². The Hall–Kier alpha value is -2.15. The molecule has 0 radical (unpaired) electrons. The van der Waals surface area contributed by atoms with Gasteiger partial charge < -0.3 is 10.3 Å². The molecule has 0 spiro atoms. The quantitative estimate of drug-likeness (QED) is 0.830. The zero-order valence-electron chi connectivity index (χ0n) is 9.65. The minimum Gasteiger partial charge on any atom is -0.478 e. The van der Waals surface area contributed by atoms with Crippen molar-refractivity contribution in [2.24, 2.45) is 0 Å². The van der Waals surface area contributed by atoms with Crippen molar-refractivity contribution in [3.8, 4) is 11.3 Å². The van der Waals surface area contributed by atoms with Crippen LogP contribution in [0.3, 0.4) is 0 Å². The maximum atomic E-state index is 12.8. The van der Waals surface area contributed by atoms with Crippen LogP contribution >= 0.6 is 11.6 Å². The first kappa shape index (κ1) is 14.3. The molecule has 0 saturated heterocycles. The Bertz CT molecular complexity index is 662. The summed E-state index contributed by atoms with van der Waals surface area (Å²) in [6, 6.07) is 6.33. The van der Waals surface area contributed by atoms with Crippen molar-refractivity contribution in [1.82, 2.24) is 4.73 Å². The highest BCUT2D eigenvalue weighted by molar-refractivity contribution is 6.30. The van der Waals surface area contributed by atoms with Crippen molar-refractivity contribution >= 4 is 17.6 Å². The van der Waals surface area contributed by atoms with Crippen LogP contribution in [0.25, 0.3) is 11.3 Å². The maximum absolute atomic E-state index is 12.8. The number of carboxylic acid groups (broad SMARTS) is 1. The molecule has 0 fully saturated rings. The Morgan fingerprint density at radius 3 is 2.15 bits per heavy atom. The van der Waals surface area contributed by atoms with E-state index in [4.69, 9.17) is 16.7 Å². The molecule has 2 rings (SSSR count). The summed E-state index contributed by atoms with van der Waals surface area (Å²) < 4.78 is 38.2. The van der Waals surface area contributed by atoms with Gasteiger partial charge in [0.15, 0.2) is 5.69 Å². The first-order chi connectivity index (χ1) is 9.21. The Morgan fingerprint density at radius 2 is 1.75 bits per heavy atom. The molecule has 0 aliphatic carbocycles. The van der Waals surface area contributed by atoms with Crippen LogP contribution in [0.15, 0.2) is 30.3 Å². The summed E-state index contributed by atoms with van der Waals surface area (Å²) in [5.41, 5.74) is -2.74. The molecule has 1 heterocycles. The van der Waals surface area contributed by atoms with Gasteiger partial charge in [0, 0.05) is 10.6 Å². The second-order valence-corrected chi connectivity index (χ2v) is 4.35. The molecule has 2 N–H and O–H groups in total. The van der Waals surface area contributed by atoms with Crippen LogP contribution < -0.4 is 0 Å². The van der Waals surface area contributed by atoms with Gasteiger partial charge in [-0.05, 0) is 18.2 Å². The van der Waals surface area contributed by atoms with Gasteiger partial charge in [0.25, 0.3) is 0 Å². The van der Waals surface area contributed by atoms with Crippen molar-refractivity contribution in [2.75, 3.05) is 0 Å². The number of hydrogen-bond donors (Lipinski definition) is 2. The lowest BCUT2D eigenvalue weighted by molar-refractivity contribution is -0.150. The van der Waals surface area contributed by atoms with Crippen molar-refractivity contribution in [1.29, 1.82) is 0 Å². The van der Waals surface area contributed by atoms with Crippen LogP contribution in [0.1, 0.15) is 16.1 Å². The van der Waals surface area contributed by atoms with E-state index in [0.717, 1.165) is 6.07 Å². The van der Waals surface area contributed by atoms with E-state index in [1.807, 2.05) is 0 Å². The summed E-state index contributed by atoms with van der Waals surface area (Å²) in [6.07, 6.45) is -4.99. The molecule has 1 aromatic heterocycles. The van der Waals surface area contributed by atoms with E-state index < -0.39 is 23.4 Å². The van der Waals surface area contributed by atoms with Crippen LogP contribution in [0.2, 0.25) is 5.02 Å². The topological polar surface area (TPSA) is 62.5 Å². The summed E-state index contributed by atoms with van der Waals surface area (Å²) >= 11 is 5.66. The van der Waals surface area contributed by atoms with Crippen LogP contribution in [-0.2, 0) is 6.18 Å². The molecule has 4 nitrogen and oxygen atoms in total. The number of benzene rings is 1. The number of nitrogens with zero attached hydrogens (tertiary/aromatic N) is 1. The zero-order chi connectivity index (χ0) is 15.1. The highest BCUT2D eigenvalue weighted by Crippen LogP contribution is 2.36. The van der Waals surface area contributed by atoms with Crippen molar-refractivity contribution in [3.63, 3.8) is 0 Å². The second kappa shape index (κ2) is 4.75. The lowest BCUT2D eigenvalue weighted by Crippen LogP contribution is -2.16. The van der Waals surface area contributed by atoms with Crippen LogP contribution in [0.5, 0.6) is 0 Å². The third-order valence-corrected chi connectivity index (χ3v) is 2.87. The Morgan fingerprint density at radius 1 is 1.20 bits per heavy atom. The molecule has 106 valence electrons. The molecule has 0 atom stereocenters. The summed E-state index contributed by atoms with van der Waals surface area (Å²) in [4.78, 5) is 10.9. The van der Waals surface area contributed by atoms with Gasteiger partial charge in [-0.1, -0.05) is 23.7 Å². The standard InChI is InChI=1S/C12H7ClF3NO3/c13-7-3-1-6(2-4-7)9-5-8(11(18)19)10(17(9)20)12(14,15)16/h1-5,20H,(H,18,19). The number of hydrogen-bond acceptors (Lipinski definition) is 2. The molecule has 0 unspecified atom stereocenters. The number of alkyl halides is 3. The summed E-state index contributed by atoms with van der Waals surface area (Å²) in [6.45, 7) is 0. The number of aromatic nitrogens is 1. The molecule has 0 aliphatic rings. The third kappa shape index (κ3) is 2.44. The van der Waals surface area contributed by atoms with E-state index in [-0.39, 0.29) is 16.0 Å². The smallest absolute Gasteiger partial charge is 0.435 e. The maximum Gasteiger partial charge on any atom is 0.435 e. The Kier molecular flexibility index (Phi) is 3.39. The Balaban J connectivity index is 2.67. The lowest BCUT2D eigenvalue weighted by Gasteiger charge is -2.09. The zero-order valence-corrected chi connectivity index (χ0v) is 10.4. The number of rotatable bonds is 2. The molecular weight excluding hydrogens is 299 g/mol. The molecule has 2 aromatic rings. The van der Waals surface area contributed by atoms with Gasteiger partial charge in [-0.2, -0.15) is 17.9 Å². The fourth-order valence-electron chi connectivity index (χ4n) is 1.76. The SMILES string of the molecule is O=C(O)c1cc(-c2ccc(Cl)cc2)n(O)c1C(F)(F)F. The van der Waals surface area contributed by atoms with Crippen molar-refractivity contribution < 1.29 is 28.3 Å². The highest BCUT2D eigenvalue weighted by Gasteiger charge is 2.41. The number of halogens is 4. The van der Waals surface area contributed by atoms with Gasteiger partial charge in [0.2, 0.25) is 0 Å². The molecule has 0 saturated carbocycles. The van der Waals surface area contributed by atoms with Gasteiger partial charge >= 0.3 is 12.1 Å². The summed E-state index contributed by atoms with van der Waals surface area (Å²) in [7, 11) is 0. The number of carbonyl (C=O) groups is 1. The normalized spacial score (nSPS) is 11.6. The first-order valence-electron chi connectivity index (χ1n) is 5.23. The van der Waals surface area contributed by atoms with Gasteiger partial charge in [0.05, 0.1) is 11.3 Å². The Labute approximate surface area is 115 Å². The molecule has 8 heteroatoms. The summed E-state index contributed by atoms with van der Waals surface area (Å²) in [5, 5.41) is 18.8. The number of carboxylic acids is 1. The van der Waals surface area contributed by atoms with Gasteiger partial charge in [0.1, 0.15) is 0 Å². The van der Waals surface area contributed by atoms with E-state index in [0.29, 0.717) is 5.02 Å².